The first kappa shape index (κ1) is 19.9. The average Bonchev–Trinajstić information content (AvgIpc) is 2.75. The van der Waals surface area contributed by atoms with E-state index in [2.05, 4.69) is 5.32 Å². The fraction of sp³-hybridized carbons (Fsp3) is 0.409. The van der Waals surface area contributed by atoms with Gasteiger partial charge in [0.15, 0.2) is 0 Å². The number of nitrogens with zero attached hydrogens (tertiary/aromatic N) is 1. The molecule has 1 atom stereocenters. The maximum Gasteiger partial charge on any atom is 0.243 e. The highest BCUT2D eigenvalue weighted by atomic mass is 32.2. The number of ether oxygens (including phenoxy) is 1. The van der Waals surface area contributed by atoms with E-state index in [1.165, 1.54) is 0 Å². The lowest BCUT2D eigenvalue weighted by atomic mass is 9.96. The molecule has 1 fully saturated rings. The third-order valence-corrected chi connectivity index (χ3v) is 7.56. The van der Waals surface area contributed by atoms with Crippen molar-refractivity contribution >= 4 is 21.6 Å². The molecule has 29 heavy (non-hydrogen) atoms. The maximum atomic E-state index is 13.0. The highest BCUT2D eigenvalue weighted by Gasteiger charge is 2.28. The highest BCUT2D eigenvalue weighted by Crippen LogP contribution is 2.29. The van der Waals surface area contributed by atoms with Crippen LogP contribution in [0.2, 0.25) is 0 Å². The fourth-order valence-electron chi connectivity index (χ4n) is 3.88. The molecule has 0 radical (unpaired) electrons. The third kappa shape index (κ3) is 4.16. The zero-order chi connectivity index (χ0) is 20.4. The molecule has 7 heteroatoms. The number of amides is 1. The van der Waals surface area contributed by atoms with Crippen molar-refractivity contribution in [3.05, 3.63) is 53.6 Å². The van der Waals surface area contributed by atoms with Crippen LogP contribution in [0.3, 0.4) is 0 Å². The Labute approximate surface area is 171 Å². The van der Waals surface area contributed by atoms with Crippen LogP contribution in [-0.4, -0.2) is 38.3 Å². The molecule has 2 aromatic rings. The third-order valence-electron chi connectivity index (χ3n) is 5.67. The molecular weight excluding hydrogens is 388 g/mol. The minimum Gasteiger partial charge on any atom is -0.492 e. The van der Waals surface area contributed by atoms with E-state index in [0.717, 1.165) is 36.1 Å². The Balaban J connectivity index is 1.52. The summed E-state index contributed by atoms with van der Waals surface area (Å²) < 4.78 is 33.2. The summed E-state index contributed by atoms with van der Waals surface area (Å²) in [6, 6.07) is 12.7. The molecule has 4 rings (SSSR count). The zero-order valence-corrected chi connectivity index (χ0v) is 17.4. The van der Waals surface area contributed by atoms with Gasteiger partial charge in [0.2, 0.25) is 15.9 Å². The molecule has 2 heterocycles. The Hall–Kier alpha value is -2.38. The standard InChI is InChI=1S/C22H26N2O4S/c1-16-9-10-19(29(26,27)24-11-5-2-6-12-24)14-20(16)23-22(25)18-13-17-7-3-4-8-21(17)28-15-18/h3-4,7-10,14,18H,2,5-6,11-13,15H2,1H3,(H,23,25)/t18-/m0/s1. The van der Waals surface area contributed by atoms with E-state index in [9.17, 15) is 13.2 Å². The number of piperidine rings is 1. The van der Waals surface area contributed by atoms with Crippen molar-refractivity contribution in [2.45, 2.75) is 37.5 Å². The molecule has 2 aliphatic rings. The minimum atomic E-state index is -3.54. The van der Waals surface area contributed by atoms with Crippen LogP contribution < -0.4 is 10.1 Å². The quantitative estimate of drug-likeness (QED) is 0.832. The van der Waals surface area contributed by atoms with Crippen LogP contribution in [0.15, 0.2) is 47.4 Å². The van der Waals surface area contributed by atoms with Crippen LogP contribution in [0.1, 0.15) is 30.4 Å². The van der Waals surface area contributed by atoms with Crippen molar-refractivity contribution < 1.29 is 17.9 Å². The molecule has 0 aromatic heterocycles. The molecule has 0 saturated carbocycles. The van der Waals surface area contributed by atoms with Gasteiger partial charge in [-0.25, -0.2) is 8.42 Å². The van der Waals surface area contributed by atoms with E-state index < -0.39 is 10.0 Å². The van der Waals surface area contributed by atoms with Crippen LogP contribution in [0.4, 0.5) is 5.69 Å². The number of fused-ring (bicyclic) bond motifs is 1. The van der Waals surface area contributed by atoms with Crippen molar-refractivity contribution in [1.29, 1.82) is 0 Å². The lowest BCUT2D eigenvalue weighted by Gasteiger charge is -2.26. The monoisotopic (exact) mass is 414 g/mol. The fourth-order valence-corrected chi connectivity index (χ4v) is 5.43. The van der Waals surface area contributed by atoms with Gasteiger partial charge in [0.05, 0.1) is 10.8 Å². The van der Waals surface area contributed by atoms with Crippen LogP contribution >= 0.6 is 0 Å². The zero-order valence-electron chi connectivity index (χ0n) is 16.6. The molecule has 1 amide bonds. The first-order valence-corrected chi connectivity index (χ1v) is 11.5. The molecule has 0 spiro atoms. The Bertz CT molecular complexity index is 1010. The number of sulfonamides is 1. The van der Waals surface area contributed by atoms with Gasteiger partial charge in [-0.1, -0.05) is 30.7 Å². The molecule has 154 valence electrons. The number of hydrogen-bond acceptors (Lipinski definition) is 4. The van der Waals surface area contributed by atoms with E-state index in [1.54, 1.807) is 22.5 Å². The van der Waals surface area contributed by atoms with Crippen LogP contribution in [-0.2, 0) is 21.2 Å². The topological polar surface area (TPSA) is 75.7 Å². The number of benzene rings is 2. The number of carbonyl (C=O) groups is 1. The average molecular weight is 415 g/mol. The molecular formula is C22H26N2O4S. The number of rotatable bonds is 4. The van der Waals surface area contributed by atoms with Gasteiger partial charge in [-0.15, -0.1) is 0 Å². The van der Waals surface area contributed by atoms with Crippen molar-refractivity contribution in [3.63, 3.8) is 0 Å². The number of nitrogens with one attached hydrogen (secondary N) is 1. The summed E-state index contributed by atoms with van der Waals surface area (Å²) in [6.07, 6.45) is 3.44. The number of hydrogen-bond donors (Lipinski definition) is 1. The molecule has 6 nitrogen and oxygen atoms in total. The van der Waals surface area contributed by atoms with E-state index in [0.29, 0.717) is 31.8 Å². The van der Waals surface area contributed by atoms with Crippen molar-refractivity contribution in [1.82, 2.24) is 4.31 Å². The summed E-state index contributed by atoms with van der Waals surface area (Å²) in [5.74, 6) is 0.351. The van der Waals surface area contributed by atoms with E-state index in [-0.39, 0.29) is 16.7 Å². The predicted molar refractivity (Wildman–Crippen MR) is 112 cm³/mol. The van der Waals surface area contributed by atoms with Crippen LogP contribution in [0, 0.1) is 12.8 Å². The first-order valence-electron chi connectivity index (χ1n) is 10.1. The van der Waals surface area contributed by atoms with Crippen LogP contribution in [0.5, 0.6) is 5.75 Å². The molecule has 2 aliphatic heterocycles. The molecule has 0 bridgehead atoms. The number of para-hydroxylation sites is 1. The predicted octanol–water partition coefficient (Wildman–Crippen LogP) is 3.36. The van der Waals surface area contributed by atoms with Crippen molar-refractivity contribution in [2.75, 3.05) is 25.0 Å². The normalized spacial score (nSPS) is 19.8. The number of aryl methyl sites for hydroxylation is 1. The van der Waals surface area contributed by atoms with Gasteiger partial charge in [0.1, 0.15) is 12.4 Å². The molecule has 0 unspecified atom stereocenters. The van der Waals surface area contributed by atoms with E-state index >= 15 is 0 Å². The Morgan fingerprint density at radius 2 is 1.86 bits per heavy atom. The summed E-state index contributed by atoms with van der Waals surface area (Å²) in [4.78, 5) is 13.1. The van der Waals surface area contributed by atoms with Gasteiger partial charge in [0, 0.05) is 18.8 Å². The second-order valence-electron chi connectivity index (χ2n) is 7.75. The summed E-state index contributed by atoms with van der Waals surface area (Å²) >= 11 is 0. The van der Waals surface area contributed by atoms with E-state index in [1.807, 2.05) is 31.2 Å². The molecule has 1 saturated heterocycles. The lowest BCUT2D eigenvalue weighted by Crippen LogP contribution is -2.35. The molecule has 0 aliphatic carbocycles. The van der Waals surface area contributed by atoms with Gasteiger partial charge in [-0.05, 0) is 55.5 Å². The number of carbonyl (C=O) groups excluding carboxylic acids is 1. The Kier molecular flexibility index (Phi) is 5.61. The van der Waals surface area contributed by atoms with Crippen molar-refractivity contribution in [2.24, 2.45) is 5.92 Å². The summed E-state index contributed by atoms with van der Waals surface area (Å²) in [5, 5.41) is 2.92. The van der Waals surface area contributed by atoms with Gasteiger partial charge < -0.3 is 10.1 Å². The highest BCUT2D eigenvalue weighted by molar-refractivity contribution is 7.89. The Morgan fingerprint density at radius 1 is 1.10 bits per heavy atom. The largest absolute Gasteiger partial charge is 0.492 e. The van der Waals surface area contributed by atoms with Gasteiger partial charge in [0.25, 0.3) is 0 Å². The minimum absolute atomic E-state index is 0.157. The molecule has 1 N–H and O–H groups in total. The van der Waals surface area contributed by atoms with Gasteiger partial charge in [-0.3, -0.25) is 4.79 Å². The SMILES string of the molecule is Cc1ccc(S(=O)(=O)N2CCCCC2)cc1NC(=O)[C@@H]1COc2ccccc2C1. The second kappa shape index (κ2) is 8.16. The lowest BCUT2D eigenvalue weighted by molar-refractivity contribution is -0.121. The summed E-state index contributed by atoms with van der Waals surface area (Å²) in [5.41, 5.74) is 2.37. The Morgan fingerprint density at radius 3 is 2.66 bits per heavy atom. The summed E-state index contributed by atoms with van der Waals surface area (Å²) in [6.45, 7) is 3.28. The van der Waals surface area contributed by atoms with Gasteiger partial charge >= 0.3 is 0 Å². The van der Waals surface area contributed by atoms with E-state index in [4.69, 9.17) is 4.74 Å². The van der Waals surface area contributed by atoms with Gasteiger partial charge in [-0.2, -0.15) is 4.31 Å². The summed E-state index contributed by atoms with van der Waals surface area (Å²) in [7, 11) is -3.54. The maximum absolute atomic E-state index is 13.0. The first-order chi connectivity index (χ1) is 13.9. The smallest absolute Gasteiger partial charge is 0.243 e. The van der Waals surface area contributed by atoms with Crippen molar-refractivity contribution in [3.8, 4) is 5.75 Å². The van der Waals surface area contributed by atoms with Crippen LogP contribution in [0.25, 0.3) is 0 Å². The number of anilines is 1. The second-order valence-corrected chi connectivity index (χ2v) is 9.69. The molecule has 2 aromatic carbocycles.